The van der Waals surface area contributed by atoms with Gasteiger partial charge in [-0.1, -0.05) is 24.3 Å². The van der Waals surface area contributed by atoms with Crippen LogP contribution in [0.3, 0.4) is 0 Å². The number of hydrogen-bond acceptors (Lipinski definition) is 6. The summed E-state index contributed by atoms with van der Waals surface area (Å²) in [5.74, 6) is 0.393. The Hall–Kier alpha value is -2.57. The van der Waals surface area contributed by atoms with E-state index in [0.717, 1.165) is 17.5 Å². The molecule has 29 heavy (non-hydrogen) atoms. The lowest BCUT2D eigenvalue weighted by molar-refractivity contribution is -0.158. The number of phenols is 1. The Morgan fingerprint density at radius 2 is 1.72 bits per heavy atom. The van der Waals surface area contributed by atoms with Gasteiger partial charge in [0.2, 0.25) is 0 Å². The maximum Gasteiger partial charge on any atom is 0.349 e. The molecule has 0 radical (unpaired) electrons. The molecule has 0 heterocycles. The summed E-state index contributed by atoms with van der Waals surface area (Å²) in [4.78, 5) is 11.9. The van der Waals surface area contributed by atoms with E-state index in [1.807, 2.05) is 31.2 Å². The van der Waals surface area contributed by atoms with Crippen LogP contribution in [0.5, 0.6) is 11.5 Å². The van der Waals surface area contributed by atoms with Gasteiger partial charge in [-0.2, -0.15) is 0 Å². The van der Waals surface area contributed by atoms with Crippen LogP contribution >= 0.6 is 0 Å². The van der Waals surface area contributed by atoms with Crippen LogP contribution in [0, 0.1) is 0 Å². The molecule has 2 atom stereocenters. The first kappa shape index (κ1) is 22.7. The highest BCUT2D eigenvalue weighted by molar-refractivity contribution is 5.79. The van der Waals surface area contributed by atoms with Crippen molar-refractivity contribution in [3.05, 3.63) is 59.7 Å². The molecule has 0 bridgehead atoms. The van der Waals surface area contributed by atoms with Crippen LogP contribution < -0.4 is 10.1 Å². The van der Waals surface area contributed by atoms with Crippen molar-refractivity contribution in [3.63, 3.8) is 0 Å². The number of phenolic OH excluding ortho intramolecular Hbond substituents is 1. The Balaban J connectivity index is 1.82. The van der Waals surface area contributed by atoms with Gasteiger partial charge < -0.3 is 25.0 Å². The molecule has 2 rings (SSSR count). The van der Waals surface area contributed by atoms with E-state index < -0.39 is 17.7 Å². The Kier molecular flexibility index (Phi) is 8.05. The summed E-state index contributed by atoms with van der Waals surface area (Å²) in [5.41, 5.74) is 0.831. The Morgan fingerprint density at radius 1 is 1.10 bits per heavy atom. The minimum Gasteiger partial charge on any atom is -0.508 e. The van der Waals surface area contributed by atoms with Crippen molar-refractivity contribution in [1.29, 1.82) is 0 Å². The number of esters is 1. The van der Waals surface area contributed by atoms with Gasteiger partial charge in [-0.15, -0.1) is 0 Å². The standard InChI is InChI=1S/C23H31NO5/c1-5-28-22(27)23(3,4)29-20-12-6-17(7-13-20)14-15-24-16(2)21(26)18-8-10-19(25)11-9-18/h6-13,16,21,24-26H,5,14-15H2,1-4H3. The second-order valence-electron chi connectivity index (χ2n) is 7.51. The van der Waals surface area contributed by atoms with Gasteiger partial charge in [-0.3, -0.25) is 0 Å². The minimum absolute atomic E-state index is 0.132. The highest BCUT2D eigenvalue weighted by Crippen LogP contribution is 2.21. The van der Waals surface area contributed by atoms with E-state index >= 15 is 0 Å². The second kappa shape index (κ2) is 10.3. The number of hydrogen-bond donors (Lipinski definition) is 3. The number of ether oxygens (including phenoxy) is 2. The number of benzene rings is 2. The number of aliphatic hydroxyl groups excluding tert-OH is 1. The summed E-state index contributed by atoms with van der Waals surface area (Å²) >= 11 is 0. The fourth-order valence-electron chi connectivity index (χ4n) is 2.88. The highest BCUT2D eigenvalue weighted by atomic mass is 16.6. The lowest BCUT2D eigenvalue weighted by atomic mass is 10.0. The highest BCUT2D eigenvalue weighted by Gasteiger charge is 2.31. The molecule has 0 aromatic heterocycles. The molecule has 6 nitrogen and oxygen atoms in total. The third kappa shape index (κ3) is 6.76. The van der Waals surface area contributed by atoms with E-state index in [0.29, 0.717) is 18.9 Å². The predicted molar refractivity (Wildman–Crippen MR) is 112 cm³/mol. The van der Waals surface area contributed by atoms with E-state index in [2.05, 4.69) is 5.32 Å². The van der Waals surface area contributed by atoms with E-state index in [1.165, 1.54) is 0 Å². The number of aromatic hydroxyl groups is 1. The summed E-state index contributed by atoms with van der Waals surface area (Å²) in [6, 6.07) is 14.0. The van der Waals surface area contributed by atoms with Gasteiger partial charge in [0.25, 0.3) is 0 Å². The first-order chi connectivity index (χ1) is 13.7. The van der Waals surface area contributed by atoms with E-state index in [-0.39, 0.29) is 11.8 Å². The SMILES string of the molecule is CCOC(=O)C(C)(C)Oc1ccc(CCNC(C)C(O)c2ccc(O)cc2)cc1. The maximum absolute atomic E-state index is 11.9. The van der Waals surface area contributed by atoms with Crippen molar-refractivity contribution in [1.82, 2.24) is 5.32 Å². The van der Waals surface area contributed by atoms with Gasteiger partial charge in [0.1, 0.15) is 11.5 Å². The van der Waals surface area contributed by atoms with Crippen LogP contribution in [0.25, 0.3) is 0 Å². The van der Waals surface area contributed by atoms with Crippen LogP contribution in [0.4, 0.5) is 0 Å². The second-order valence-corrected chi connectivity index (χ2v) is 7.51. The summed E-state index contributed by atoms with van der Waals surface area (Å²) < 4.78 is 10.8. The number of carbonyl (C=O) groups is 1. The molecule has 0 fully saturated rings. The van der Waals surface area contributed by atoms with E-state index in [1.54, 1.807) is 45.0 Å². The van der Waals surface area contributed by atoms with Crippen LogP contribution in [0.1, 0.15) is 44.9 Å². The molecular weight excluding hydrogens is 370 g/mol. The maximum atomic E-state index is 11.9. The molecule has 2 aromatic carbocycles. The van der Waals surface area contributed by atoms with Crippen molar-refractivity contribution >= 4 is 5.97 Å². The zero-order valence-electron chi connectivity index (χ0n) is 17.5. The fraction of sp³-hybridized carbons (Fsp3) is 0.435. The van der Waals surface area contributed by atoms with Gasteiger partial charge in [-0.05, 0) is 76.1 Å². The smallest absolute Gasteiger partial charge is 0.349 e. The van der Waals surface area contributed by atoms with Crippen LogP contribution in [-0.4, -0.2) is 41.0 Å². The quantitative estimate of drug-likeness (QED) is 0.529. The third-order valence-corrected chi connectivity index (χ3v) is 4.65. The normalized spacial score (nSPS) is 13.6. The Morgan fingerprint density at radius 3 is 2.31 bits per heavy atom. The molecule has 0 aliphatic heterocycles. The van der Waals surface area contributed by atoms with Gasteiger partial charge in [-0.25, -0.2) is 4.79 Å². The lowest BCUT2D eigenvalue weighted by Gasteiger charge is -2.24. The average molecular weight is 402 g/mol. The molecule has 0 amide bonds. The molecule has 0 spiro atoms. The van der Waals surface area contributed by atoms with E-state index in [9.17, 15) is 15.0 Å². The van der Waals surface area contributed by atoms with Crippen LogP contribution in [-0.2, 0) is 16.0 Å². The van der Waals surface area contributed by atoms with Gasteiger partial charge >= 0.3 is 5.97 Å². The van der Waals surface area contributed by atoms with Crippen LogP contribution in [0.15, 0.2) is 48.5 Å². The first-order valence-corrected chi connectivity index (χ1v) is 9.88. The summed E-state index contributed by atoms with van der Waals surface area (Å²) in [5, 5.41) is 23.1. The summed E-state index contributed by atoms with van der Waals surface area (Å²) in [6.07, 6.45) is 0.130. The van der Waals surface area contributed by atoms with Gasteiger partial charge in [0, 0.05) is 6.04 Å². The van der Waals surface area contributed by atoms with Crippen molar-refractivity contribution in [2.45, 2.75) is 51.9 Å². The number of carbonyl (C=O) groups excluding carboxylic acids is 1. The first-order valence-electron chi connectivity index (χ1n) is 9.88. The number of rotatable bonds is 10. The fourth-order valence-corrected chi connectivity index (χ4v) is 2.88. The molecule has 2 unspecified atom stereocenters. The number of nitrogens with one attached hydrogen (secondary N) is 1. The van der Waals surface area contributed by atoms with Gasteiger partial charge in [0.15, 0.2) is 5.60 Å². The molecule has 6 heteroatoms. The minimum atomic E-state index is -1.04. The van der Waals surface area contributed by atoms with Crippen molar-refractivity contribution < 1.29 is 24.5 Å². The molecule has 0 aliphatic carbocycles. The van der Waals surface area contributed by atoms with Gasteiger partial charge in [0.05, 0.1) is 12.7 Å². The zero-order chi connectivity index (χ0) is 21.4. The summed E-state index contributed by atoms with van der Waals surface area (Å²) in [7, 11) is 0. The Labute approximate surface area is 172 Å². The van der Waals surface area contributed by atoms with Crippen LogP contribution in [0.2, 0.25) is 0 Å². The third-order valence-electron chi connectivity index (χ3n) is 4.65. The Bertz CT molecular complexity index is 771. The molecule has 0 aliphatic rings. The van der Waals surface area contributed by atoms with E-state index in [4.69, 9.17) is 9.47 Å². The van der Waals surface area contributed by atoms with Crippen molar-refractivity contribution in [2.24, 2.45) is 0 Å². The molecule has 2 aromatic rings. The predicted octanol–water partition coefficient (Wildman–Crippen LogP) is 3.37. The largest absolute Gasteiger partial charge is 0.508 e. The zero-order valence-corrected chi connectivity index (χ0v) is 17.5. The molecule has 0 saturated heterocycles. The monoisotopic (exact) mass is 401 g/mol. The molecule has 158 valence electrons. The van der Waals surface area contributed by atoms with Crippen molar-refractivity contribution in [3.8, 4) is 11.5 Å². The summed E-state index contributed by atoms with van der Waals surface area (Å²) in [6.45, 7) is 8.07. The molecule has 0 saturated carbocycles. The molecule has 3 N–H and O–H groups in total. The lowest BCUT2D eigenvalue weighted by Crippen LogP contribution is -2.39. The van der Waals surface area contributed by atoms with Crippen molar-refractivity contribution in [2.75, 3.05) is 13.2 Å². The number of aliphatic hydroxyl groups is 1. The average Bonchev–Trinajstić information content (AvgIpc) is 2.69. The topological polar surface area (TPSA) is 88.0 Å². The molecular formula is C23H31NO5.